The molecule has 0 heterocycles. The molecular weight excluding hydrogens is 276 g/mol. The average molecular weight is 294 g/mol. The molecule has 0 saturated heterocycles. The van der Waals surface area contributed by atoms with Crippen LogP contribution in [0.1, 0.15) is 31.1 Å². The topological polar surface area (TPSA) is 46.5 Å². The molecule has 0 saturated carbocycles. The van der Waals surface area contributed by atoms with Crippen LogP contribution in [0.2, 0.25) is 0 Å². The number of hydrogen-bond acceptors (Lipinski definition) is 3. The fourth-order valence-corrected chi connectivity index (χ4v) is 2.91. The van der Waals surface area contributed by atoms with Crippen molar-refractivity contribution >= 4 is 27.5 Å². The van der Waals surface area contributed by atoms with Crippen molar-refractivity contribution in [2.24, 2.45) is 0 Å². The van der Waals surface area contributed by atoms with Crippen LogP contribution in [0, 0.1) is 0 Å². The SMILES string of the molecule is CC(=O)OCc1cccc2ccc3cccc([C@H](C)O)c3c12. The molecule has 22 heavy (non-hydrogen) atoms. The highest BCUT2D eigenvalue weighted by Gasteiger charge is 2.12. The second-order valence-corrected chi connectivity index (χ2v) is 5.48. The highest BCUT2D eigenvalue weighted by Crippen LogP contribution is 2.33. The van der Waals surface area contributed by atoms with Gasteiger partial charge in [-0.2, -0.15) is 0 Å². The van der Waals surface area contributed by atoms with E-state index in [1.807, 2.05) is 36.4 Å². The second kappa shape index (κ2) is 5.78. The van der Waals surface area contributed by atoms with E-state index in [1.54, 1.807) is 6.92 Å². The van der Waals surface area contributed by atoms with Crippen molar-refractivity contribution in [3.8, 4) is 0 Å². The first-order chi connectivity index (χ1) is 10.6. The van der Waals surface area contributed by atoms with Crippen LogP contribution < -0.4 is 0 Å². The van der Waals surface area contributed by atoms with Crippen molar-refractivity contribution in [3.05, 3.63) is 59.7 Å². The van der Waals surface area contributed by atoms with Crippen LogP contribution in [-0.4, -0.2) is 11.1 Å². The average Bonchev–Trinajstić information content (AvgIpc) is 2.51. The molecule has 3 nitrogen and oxygen atoms in total. The maximum atomic E-state index is 11.1. The van der Waals surface area contributed by atoms with Crippen molar-refractivity contribution < 1.29 is 14.6 Å². The summed E-state index contributed by atoms with van der Waals surface area (Å²) >= 11 is 0. The van der Waals surface area contributed by atoms with Gasteiger partial charge in [-0.05, 0) is 39.6 Å². The molecule has 3 heteroatoms. The molecule has 3 rings (SSSR count). The number of carbonyl (C=O) groups excluding carboxylic acids is 1. The van der Waals surface area contributed by atoms with Crippen LogP contribution in [0.3, 0.4) is 0 Å². The molecule has 0 fully saturated rings. The van der Waals surface area contributed by atoms with E-state index in [-0.39, 0.29) is 12.6 Å². The van der Waals surface area contributed by atoms with Crippen LogP contribution in [0.25, 0.3) is 21.5 Å². The van der Waals surface area contributed by atoms with E-state index in [0.717, 1.165) is 32.7 Å². The minimum absolute atomic E-state index is 0.236. The Labute approximate surface area is 129 Å². The van der Waals surface area contributed by atoms with Gasteiger partial charge in [-0.3, -0.25) is 4.79 Å². The largest absolute Gasteiger partial charge is 0.461 e. The zero-order chi connectivity index (χ0) is 15.7. The van der Waals surface area contributed by atoms with Crippen LogP contribution >= 0.6 is 0 Å². The first-order valence-electron chi connectivity index (χ1n) is 7.32. The van der Waals surface area contributed by atoms with Gasteiger partial charge in [0.2, 0.25) is 0 Å². The third-order valence-corrected chi connectivity index (χ3v) is 3.89. The van der Waals surface area contributed by atoms with E-state index >= 15 is 0 Å². The molecule has 1 atom stereocenters. The molecule has 1 N–H and O–H groups in total. The summed E-state index contributed by atoms with van der Waals surface area (Å²) in [5.41, 5.74) is 1.84. The zero-order valence-corrected chi connectivity index (χ0v) is 12.7. The Bertz CT molecular complexity index is 850. The number of rotatable bonds is 3. The van der Waals surface area contributed by atoms with Gasteiger partial charge in [-0.1, -0.05) is 48.5 Å². The smallest absolute Gasteiger partial charge is 0.302 e. The second-order valence-electron chi connectivity index (χ2n) is 5.48. The quantitative estimate of drug-likeness (QED) is 0.584. The number of ether oxygens (including phenoxy) is 1. The number of carbonyl (C=O) groups is 1. The van der Waals surface area contributed by atoms with Crippen LogP contribution in [0.4, 0.5) is 0 Å². The summed E-state index contributed by atoms with van der Waals surface area (Å²) in [4.78, 5) is 11.1. The molecule has 0 unspecified atom stereocenters. The number of hydrogen-bond donors (Lipinski definition) is 1. The van der Waals surface area contributed by atoms with E-state index in [9.17, 15) is 9.90 Å². The first-order valence-corrected chi connectivity index (χ1v) is 7.32. The lowest BCUT2D eigenvalue weighted by atomic mass is 9.93. The fourth-order valence-electron chi connectivity index (χ4n) is 2.91. The molecule has 0 bridgehead atoms. The van der Waals surface area contributed by atoms with Crippen molar-refractivity contribution in [1.29, 1.82) is 0 Å². The van der Waals surface area contributed by atoms with Crippen molar-refractivity contribution in [3.63, 3.8) is 0 Å². The van der Waals surface area contributed by atoms with Crippen molar-refractivity contribution in [2.75, 3.05) is 0 Å². The molecule has 112 valence electrons. The van der Waals surface area contributed by atoms with Gasteiger partial charge < -0.3 is 9.84 Å². The van der Waals surface area contributed by atoms with Gasteiger partial charge in [0.25, 0.3) is 0 Å². The lowest BCUT2D eigenvalue weighted by molar-refractivity contribution is -0.142. The summed E-state index contributed by atoms with van der Waals surface area (Å²) in [6.07, 6.45) is -0.559. The number of benzene rings is 3. The van der Waals surface area contributed by atoms with Crippen molar-refractivity contribution in [1.82, 2.24) is 0 Å². The van der Waals surface area contributed by atoms with Gasteiger partial charge in [0.1, 0.15) is 6.61 Å². The Hall–Kier alpha value is -2.39. The number of aliphatic hydroxyl groups is 1. The molecule has 3 aromatic rings. The van der Waals surface area contributed by atoms with E-state index in [1.165, 1.54) is 6.92 Å². The fraction of sp³-hybridized carbons (Fsp3) is 0.211. The minimum Gasteiger partial charge on any atom is -0.461 e. The molecule has 0 spiro atoms. The number of esters is 1. The molecule has 0 aromatic heterocycles. The summed E-state index contributed by atoms with van der Waals surface area (Å²) in [5, 5.41) is 14.3. The van der Waals surface area contributed by atoms with Crippen LogP contribution in [0.15, 0.2) is 48.5 Å². The summed E-state index contributed by atoms with van der Waals surface area (Å²) in [6, 6.07) is 16.0. The van der Waals surface area contributed by atoms with E-state index in [2.05, 4.69) is 12.1 Å². The highest BCUT2D eigenvalue weighted by molar-refractivity contribution is 6.10. The maximum Gasteiger partial charge on any atom is 0.302 e. The highest BCUT2D eigenvalue weighted by atomic mass is 16.5. The zero-order valence-electron chi connectivity index (χ0n) is 12.7. The molecule has 0 radical (unpaired) electrons. The summed E-state index contributed by atoms with van der Waals surface area (Å²) in [5.74, 6) is -0.298. The Morgan fingerprint density at radius 2 is 1.68 bits per heavy atom. The summed E-state index contributed by atoms with van der Waals surface area (Å²) < 4.78 is 5.18. The number of fused-ring (bicyclic) bond motifs is 3. The predicted octanol–water partition coefficient (Wildman–Crippen LogP) is 4.11. The maximum absolute atomic E-state index is 11.1. The van der Waals surface area contributed by atoms with Gasteiger partial charge in [0.15, 0.2) is 0 Å². The number of aliphatic hydroxyl groups excluding tert-OH is 1. The molecule has 0 aliphatic rings. The summed E-state index contributed by atoms with van der Waals surface area (Å²) in [6.45, 7) is 3.41. The molecular formula is C19H18O3. The Morgan fingerprint density at radius 1 is 1.05 bits per heavy atom. The van der Waals surface area contributed by atoms with E-state index in [0.29, 0.717) is 0 Å². The Morgan fingerprint density at radius 3 is 2.32 bits per heavy atom. The Balaban J connectivity index is 2.35. The van der Waals surface area contributed by atoms with Crippen LogP contribution in [0.5, 0.6) is 0 Å². The lowest BCUT2D eigenvalue weighted by Gasteiger charge is -2.15. The van der Waals surface area contributed by atoms with Gasteiger partial charge in [-0.15, -0.1) is 0 Å². The third kappa shape index (κ3) is 2.55. The predicted molar refractivity (Wildman–Crippen MR) is 87.6 cm³/mol. The molecule has 0 amide bonds. The van der Waals surface area contributed by atoms with Gasteiger partial charge in [0, 0.05) is 6.92 Å². The monoisotopic (exact) mass is 294 g/mol. The van der Waals surface area contributed by atoms with E-state index in [4.69, 9.17) is 4.74 Å². The molecule has 3 aromatic carbocycles. The van der Waals surface area contributed by atoms with Crippen molar-refractivity contribution in [2.45, 2.75) is 26.6 Å². The normalized spacial score (nSPS) is 12.5. The third-order valence-electron chi connectivity index (χ3n) is 3.89. The van der Waals surface area contributed by atoms with Crippen LogP contribution in [-0.2, 0) is 16.1 Å². The van der Waals surface area contributed by atoms with Gasteiger partial charge in [0.05, 0.1) is 6.10 Å². The minimum atomic E-state index is -0.559. The molecule has 0 aliphatic heterocycles. The summed E-state index contributed by atoms with van der Waals surface area (Å²) in [7, 11) is 0. The van der Waals surface area contributed by atoms with Gasteiger partial charge in [-0.25, -0.2) is 0 Å². The Kier molecular flexibility index (Phi) is 3.82. The van der Waals surface area contributed by atoms with Gasteiger partial charge >= 0.3 is 5.97 Å². The standard InChI is InChI=1S/C19H18O3/c1-12(20)17-8-4-6-15-10-9-14-5-3-7-16(11-22-13(2)21)18(14)19(15)17/h3-10,12,20H,11H2,1-2H3/t12-/m0/s1. The lowest BCUT2D eigenvalue weighted by Crippen LogP contribution is -2.00. The molecule has 0 aliphatic carbocycles. The first kappa shape index (κ1) is 14.5. The van der Waals surface area contributed by atoms with E-state index < -0.39 is 6.10 Å².